The van der Waals surface area contributed by atoms with Gasteiger partial charge in [0.25, 0.3) is 0 Å². The molecule has 1 aliphatic heterocycles. The first kappa shape index (κ1) is 24.6. The van der Waals surface area contributed by atoms with E-state index in [9.17, 15) is 22.8 Å². The van der Waals surface area contributed by atoms with Crippen LogP contribution in [0, 0.1) is 0 Å². The van der Waals surface area contributed by atoms with Crippen molar-refractivity contribution in [3.8, 4) is 0 Å². The summed E-state index contributed by atoms with van der Waals surface area (Å²) in [7, 11) is 5.15. The number of anilines is 1. The van der Waals surface area contributed by atoms with Crippen LogP contribution in [0.5, 0.6) is 0 Å². The van der Waals surface area contributed by atoms with E-state index >= 15 is 0 Å². The predicted molar refractivity (Wildman–Crippen MR) is 127 cm³/mol. The van der Waals surface area contributed by atoms with Crippen LogP contribution in [-0.4, -0.2) is 33.0 Å². The van der Waals surface area contributed by atoms with Crippen molar-refractivity contribution in [1.29, 1.82) is 0 Å². The quantitative estimate of drug-likeness (QED) is 0.597. The van der Waals surface area contributed by atoms with Crippen molar-refractivity contribution >= 4 is 17.4 Å². The normalized spacial score (nSPS) is 20.4. The number of nitrogens with zero attached hydrogens (tertiary/aromatic N) is 1. The lowest BCUT2D eigenvalue weighted by atomic mass is 9.71. The van der Waals surface area contributed by atoms with Crippen LogP contribution in [0.15, 0.2) is 71.1 Å². The Bertz CT molecular complexity index is 1210. The Hall–Kier alpha value is -3.55. The van der Waals surface area contributed by atoms with Gasteiger partial charge in [0, 0.05) is 49.1 Å². The van der Waals surface area contributed by atoms with Gasteiger partial charge in [0.2, 0.25) is 0 Å². The Morgan fingerprint density at radius 2 is 1.60 bits per heavy atom. The second-order valence-corrected chi connectivity index (χ2v) is 9.11. The van der Waals surface area contributed by atoms with Gasteiger partial charge in [-0.2, -0.15) is 13.2 Å². The average Bonchev–Trinajstić information content (AvgIpc) is 2.82. The van der Waals surface area contributed by atoms with Crippen LogP contribution in [0.4, 0.5) is 18.9 Å². The van der Waals surface area contributed by atoms with Crippen molar-refractivity contribution in [2.45, 2.75) is 37.8 Å². The Morgan fingerprint density at radius 3 is 2.14 bits per heavy atom. The zero-order chi connectivity index (χ0) is 25.5. The molecule has 35 heavy (non-hydrogen) atoms. The lowest BCUT2D eigenvalue weighted by Gasteiger charge is -2.36. The molecule has 2 aromatic carbocycles. The minimum atomic E-state index is -4.48. The van der Waals surface area contributed by atoms with E-state index in [4.69, 9.17) is 4.74 Å². The maximum atomic E-state index is 13.5. The highest BCUT2D eigenvalue weighted by Crippen LogP contribution is 2.46. The summed E-state index contributed by atoms with van der Waals surface area (Å²) in [6.45, 7) is 1.72. The third-order valence-electron chi connectivity index (χ3n) is 6.69. The molecule has 8 heteroatoms. The van der Waals surface area contributed by atoms with Gasteiger partial charge in [-0.05, 0) is 54.7 Å². The number of rotatable bonds is 4. The standard InChI is InChI=1S/C27H27F3N2O3/c1-15-23(26(34)35-4)24(17-5-9-19(10-6-17)27(28,29)30)25-21(31-15)13-18(14-22(25)33)16-7-11-20(12-8-16)32(2)3/h5-12,18,24,31H,13-14H2,1-4H3/t18-,24+/m1/s1. The first-order valence-electron chi connectivity index (χ1n) is 11.3. The molecule has 0 radical (unpaired) electrons. The molecule has 5 nitrogen and oxygen atoms in total. The smallest absolute Gasteiger partial charge is 0.416 e. The number of halogens is 3. The number of methoxy groups -OCH3 is 1. The second kappa shape index (κ2) is 9.24. The Balaban J connectivity index is 1.75. The summed E-state index contributed by atoms with van der Waals surface area (Å²) in [5, 5.41) is 3.23. The summed E-state index contributed by atoms with van der Waals surface area (Å²) in [4.78, 5) is 28.2. The first-order valence-corrected chi connectivity index (χ1v) is 11.3. The van der Waals surface area contributed by atoms with Crippen LogP contribution in [-0.2, 0) is 20.5 Å². The molecule has 0 saturated carbocycles. The molecule has 1 aliphatic carbocycles. The van der Waals surface area contributed by atoms with E-state index in [0.29, 0.717) is 29.0 Å². The monoisotopic (exact) mass is 484 g/mol. The largest absolute Gasteiger partial charge is 0.466 e. The highest BCUT2D eigenvalue weighted by Gasteiger charge is 2.41. The van der Waals surface area contributed by atoms with Crippen molar-refractivity contribution < 1.29 is 27.5 Å². The lowest BCUT2D eigenvalue weighted by Crippen LogP contribution is -2.36. The minimum Gasteiger partial charge on any atom is -0.466 e. The number of nitrogens with one attached hydrogen (secondary N) is 1. The number of carbonyl (C=O) groups is 2. The molecular weight excluding hydrogens is 457 g/mol. The number of allylic oxidation sites excluding steroid dienone is 3. The third kappa shape index (κ3) is 4.70. The van der Waals surface area contributed by atoms with E-state index in [2.05, 4.69) is 5.32 Å². The van der Waals surface area contributed by atoms with Gasteiger partial charge in [0.15, 0.2) is 5.78 Å². The third-order valence-corrected chi connectivity index (χ3v) is 6.69. The summed E-state index contributed by atoms with van der Waals surface area (Å²) >= 11 is 0. The SMILES string of the molecule is COC(=O)C1=C(C)NC2=C(C(=O)C[C@H](c3ccc(N(C)C)cc3)C2)[C@H]1c1ccc(C(F)(F)F)cc1. The second-order valence-electron chi connectivity index (χ2n) is 9.11. The molecule has 2 aromatic rings. The fourth-order valence-electron chi connectivity index (χ4n) is 4.90. The van der Waals surface area contributed by atoms with Gasteiger partial charge in [0.1, 0.15) is 0 Å². The van der Waals surface area contributed by atoms with E-state index in [1.165, 1.54) is 19.2 Å². The maximum absolute atomic E-state index is 13.5. The topological polar surface area (TPSA) is 58.6 Å². The zero-order valence-electron chi connectivity index (χ0n) is 20.0. The number of alkyl halides is 3. The number of hydrogen-bond acceptors (Lipinski definition) is 5. The molecule has 0 amide bonds. The maximum Gasteiger partial charge on any atom is 0.416 e. The van der Waals surface area contributed by atoms with Gasteiger partial charge >= 0.3 is 12.1 Å². The van der Waals surface area contributed by atoms with Gasteiger partial charge in [-0.25, -0.2) is 4.79 Å². The van der Waals surface area contributed by atoms with E-state index < -0.39 is 23.6 Å². The molecule has 2 aliphatic rings. The number of carbonyl (C=O) groups excluding carboxylic acids is 2. The fourth-order valence-corrected chi connectivity index (χ4v) is 4.90. The molecule has 0 saturated heterocycles. The molecule has 1 N–H and O–H groups in total. The van der Waals surface area contributed by atoms with Gasteiger partial charge in [-0.1, -0.05) is 24.3 Å². The molecule has 1 heterocycles. The molecule has 4 rings (SSSR count). The summed E-state index contributed by atoms with van der Waals surface area (Å²) in [6.07, 6.45) is -3.69. The minimum absolute atomic E-state index is 0.0503. The highest BCUT2D eigenvalue weighted by atomic mass is 19.4. The first-order chi connectivity index (χ1) is 16.5. The Morgan fingerprint density at radius 1 is 1.00 bits per heavy atom. The van der Waals surface area contributed by atoms with Gasteiger partial charge < -0.3 is 15.0 Å². The lowest BCUT2D eigenvalue weighted by molar-refractivity contribution is -0.138. The van der Waals surface area contributed by atoms with Crippen LogP contribution in [0.3, 0.4) is 0 Å². The van der Waals surface area contributed by atoms with Crippen LogP contribution in [0.25, 0.3) is 0 Å². The van der Waals surface area contributed by atoms with E-state index in [1.54, 1.807) is 6.92 Å². The van der Waals surface area contributed by atoms with Crippen molar-refractivity contribution in [1.82, 2.24) is 5.32 Å². The van der Waals surface area contributed by atoms with Crippen LogP contribution >= 0.6 is 0 Å². The molecule has 184 valence electrons. The van der Waals surface area contributed by atoms with Gasteiger partial charge in [0.05, 0.1) is 18.2 Å². The number of benzene rings is 2. The summed E-state index contributed by atoms with van der Waals surface area (Å²) < 4.78 is 44.4. The summed E-state index contributed by atoms with van der Waals surface area (Å²) in [6, 6.07) is 12.6. The van der Waals surface area contributed by atoms with Crippen LogP contribution < -0.4 is 10.2 Å². The van der Waals surface area contributed by atoms with E-state index in [0.717, 1.165) is 23.4 Å². The molecule has 0 spiro atoms. The fraction of sp³-hybridized carbons (Fsp3) is 0.333. The molecule has 0 fully saturated rings. The van der Waals surface area contributed by atoms with Crippen molar-refractivity contribution in [3.63, 3.8) is 0 Å². The zero-order valence-corrected chi connectivity index (χ0v) is 20.0. The van der Waals surface area contributed by atoms with Crippen molar-refractivity contribution in [2.24, 2.45) is 0 Å². The summed E-state index contributed by atoms with van der Waals surface area (Å²) in [5.41, 5.74) is 3.59. The van der Waals surface area contributed by atoms with Crippen molar-refractivity contribution in [2.75, 3.05) is 26.1 Å². The van der Waals surface area contributed by atoms with Crippen LogP contribution in [0.2, 0.25) is 0 Å². The molecular formula is C27H27F3N2O3. The number of dihydropyridines is 1. The molecule has 2 atom stereocenters. The molecule has 0 bridgehead atoms. The number of ether oxygens (including phenoxy) is 1. The Labute approximate surface area is 202 Å². The van der Waals surface area contributed by atoms with E-state index in [-0.39, 0.29) is 23.7 Å². The molecule has 0 unspecified atom stereocenters. The number of esters is 1. The highest BCUT2D eigenvalue weighted by molar-refractivity contribution is 6.04. The van der Waals surface area contributed by atoms with E-state index in [1.807, 2.05) is 43.3 Å². The average molecular weight is 485 g/mol. The number of Topliss-reactive ketones (excluding diaryl/α,β-unsaturated/α-hetero) is 1. The van der Waals surface area contributed by atoms with Gasteiger partial charge in [-0.3, -0.25) is 4.79 Å². The van der Waals surface area contributed by atoms with Crippen LogP contribution in [0.1, 0.15) is 48.3 Å². The number of hydrogen-bond donors (Lipinski definition) is 1. The molecule has 0 aromatic heterocycles. The Kier molecular flexibility index (Phi) is 6.49. The predicted octanol–water partition coefficient (Wildman–Crippen LogP) is 5.31. The van der Waals surface area contributed by atoms with Gasteiger partial charge in [-0.15, -0.1) is 0 Å². The summed E-state index contributed by atoms with van der Waals surface area (Å²) in [5.74, 6) is -1.61. The van der Waals surface area contributed by atoms with Crippen molar-refractivity contribution in [3.05, 3.63) is 87.8 Å². The number of ketones is 1.